The zero-order valence-corrected chi connectivity index (χ0v) is 12.7. The van der Waals surface area contributed by atoms with E-state index in [-0.39, 0.29) is 5.75 Å². The number of rotatable bonds is 4. The van der Waals surface area contributed by atoms with Crippen LogP contribution in [-0.4, -0.2) is 25.8 Å². The van der Waals surface area contributed by atoms with E-state index in [4.69, 9.17) is 5.73 Å². The molecular formula is C15H24N2O2S. The molecule has 0 radical (unpaired) electrons. The lowest BCUT2D eigenvalue weighted by Gasteiger charge is -2.24. The van der Waals surface area contributed by atoms with Crippen molar-refractivity contribution in [1.82, 2.24) is 4.31 Å². The van der Waals surface area contributed by atoms with E-state index in [2.05, 4.69) is 0 Å². The quantitative estimate of drug-likeness (QED) is 0.927. The first-order valence-electron chi connectivity index (χ1n) is 7.38. The van der Waals surface area contributed by atoms with Crippen LogP contribution in [0.3, 0.4) is 0 Å². The molecule has 1 saturated heterocycles. The van der Waals surface area contributed by atoms with Gasteiger partial charge in [-0.2, -0.15) is 0 Å². The van der Waals surface area contributed by atoms with Crippen LogP contribution in [0.25, 0.3) is 0 Å². The van der Waals surface area contributed by atoms with E-state index in [1.54, 1.807) is 4.31 Å². The number of hydrogen-bond acceptors (Lipinski definition) is 3. The predicted molar refractivity (Wildman–Crippen MR) is 81.6 cm³/mol. The Hall–Kier alpha value is -0.910. The van der Waals surface area contributed by atoms with Crippen LogP contribution in [0.4, 0.5) is 0 Å². The number of nitrogens with zero attached hydrogens (tertiary/aromatic N) is 1. The van der Waals surface area contributed by atoms with Gasteiger partial charge < -0.3 is 5.73 Å². The van der Waals surface area contributed by atoms with Gasteiger partial charge in [0.1, 0.15) is 0 Å². The molecule has 0 aliphatic carbocycles. The van der Waals surface area contributed by atoms with Gasteiger partial charge in [0.15, 0.2) is 0 Å². The van der Waals surface area contributed by atoms with E-state index >= 15 is 0 Å². The molecule has 0 atom stereocenters. The molecule has 1 aliphatic heterocycles. The number of hydrogen-bond donors (Lipinski definition) is 1. The Balaban J connectivity index is 2.12. The minimum Gasteiger partial charge on any atom is -0.326 e. The van der Waals surface area contributed by atoms with Crippen LogP contribution in [0.5, 0.6) is 0 Å². The maximum atomic E-state index is 12.6. The Morgan fingerprint density at radius 2 is 1.50 bits per heavy atom. The second kappa shape index (κ2) is 7.20. The monoisotopic (exact) mass is 296 g/mol. The first-order chi connectivity index (χ1) is 9.63. The van der Waals surface area contributed by atoms with E-state index in [0.717, 1.165) is 36.8 Å². The summed E-state index contributed by atoms with van der Waals surface area (Å²) >= 11 is 0. The molecule has 1 fully saturated rings. The van der Waals surface area contributed by atoms with Gasteiger partial charge in [0.25, 0.3) is 0 Å². The lowest BCUT2D eigenvalue weighted by atomic mass is 10.1. The molecule has 0 saturated carbocycles. The van der Waals surface area contributed by atoms with Gasteiger partial charge in [0, 0.05) is 19.6 Å². The SMILES string of the molecule is NCc1ccccc1CS(=O)(=O)N1CCCCCCC1. The zero-order chi connectivity index (χ0) is 14.4. The fourth-order valence-corrected chi connectivity index (χ4v) is 4.35. The first kappa shape index (κ1) is 15.5. The van der Waals surface area contributed by atoms with Gasteiger partial charge in [-0.15, -0.1) is 0 Å². The van der Waals surface area contributed by atoms with Crippen molar-refractivity contribution in [2.45, 2.75) is 44.4 Å². The second-order valence-electron chi connectivity index (χ2n) is 5.40. The second-order valence-corrected chi connectivity index (χ2v) is 7.36. The van der Waals surface area contributed by atoms with Gasteiger partial charge in [0.2, 0.25) is 10.0 Å². The summed E-state index contributed by atoms with van der Waals surface area (Å²) in [6, 6.07) is 7.54. The van der Waals surface area contributed by atoms with Crippen molar-refractivity contribution in [2.24, 2.45) is 5.73 Å². The Kier molecular flexibility index (Phi) is 5.57. The van der Waals surface area contributed by atoms with Crippen molar-refractivity contribution < 1.29 is 8.42 Å². The maximum absolute atomic E-state index is 12.6. The van der Waals surface area contributed by atoms with Crippen LogP contribution in [0.1, 0.15) is 43.2 Å². The summed E-state index contributed by atoms with van der Waals surface area (Å²) < 4.78 is 26.8. The van der Waals surface area contributed by atoms with Gasteiger partial charge >= 0.3 is 0 Å². The third-order valence-corrected chi connectivity index (χ3v) is 5.71. The maximum Gasteiger partial charge on any atom is 0.218 e. The van der Waals surface area contributed by atoms with Crippen molar-refractivity contribution in [2.75, 3.05) is 13.1 Å². The van der Waals surface area contributed by atoms with Crippen molar-refractivity contribution >= 4 is 10.0 Å². The van der Waals surface area contributed by atoms with Crippen molar-refractivity contribution in [3.8, 4) is 0 Å². The summed E-state index contributed by atoms with van der Waals surface area (Å²) in [6.45, 7) is 1.70. The van der Waals surface area contributed by atoms with E-state index in [9.17, 15) is 8.42 Å². The summed E-state index contributed by atoms with van der Waals surface area (Å²) in [5, 5.41) is 0. The van der Waals surface area contributed by atoms with Crippen LogP contribution in [0, 0.1) is 0 Å². The highest BCUT2D eigenvalue weighted by Gasteiger charge is 2.23. The van der Waals surface area contributed by atoms with Gasteiger partial charge in [-0.25, -0.2) is 12.7 Å². The largest absolute Gasteiger partial charge is 0.326 e. The fourth-order valence-electron chi connectivity index (χ4n) is 2.68. The average molecular weight is 296 g/mol. The van der Waals surface area contributed by atoms with Crippen LogP contribution in [0.2, 0.25) is 0 Å². The number of nitrogens with two attached hydrogens (primary N) is 1. The number of sulfonamides is 1. The Morgan fingerprint density at radius 1 is 0.950 bits per heavy atom. The molecule has 1 aliphatic rings. The van der Waals surface area contributed by atoms with E-state index < -0.39 is 10.0 Å². The van der Waals surface area contributed by atoms with Crippen molar-refractivity contribution in [3.63, 3.8) is 0 Å². The van der Waals surface area contributed by atoms with Crippen LogP contribution < -0.4 is 5.73 Å². The normalized spacial score (nSPS) is 18.4. The van der Waals surface area contributed by atoms with E-state index in [1.165, 1.54) is 6.42 Å². The minimum absolute atomic E-state index is 0.0698. The van der Waals surface area contributed by atoms with Gasteiger partial charge in [-0.3, -0.25) is 0 Å². The van der Waals surface area contributed by atoms with Crippen LogP contribution >= 0.6 is 0 Å². The molecule has 0 amide bonds. The zero-order valence-electron chi connectivity index (χ0n) is 11.9. The fraction of sp³-hybridized carbons (Fsp3) is 0.600. The smallest absolute Gasteiger partial charge is 0.218 e. The molecule has 0 aromatic heterocycles. The highest BCUT2D eigenvalue weighted by atomic mass is 32.2. The molecule has 20 heavy (non-hydrogen) atoms. The molecule has 5 heteroatoms. The lowest BCUT2D eigenvalue weighted by Crippen LogP contribution is -2.35. The lowest BCUT2D eigenvalue weighted by molar-refractivity contribution is 0.363. The van der Waals surface area contributed by atoms with Gasteiger partial charge in [-0.05, 0) is 24.0 Å². The highest BCUT2D eigenvalue weighted by Crippen LogP contribution is 2.18. The summed E-state index contributed by atoms with van der Waals surface area (Å²) in [5.74, 6) is 0.0698. The predicted octanol–water partition coefficient (Wildman–Crippen LogP) is 2.24. The van der Waals surface area contributed by atoms with Crippen molar-refractivity contribution in [3.05, 3.63) is 35.4 Å². The number of benzene rings is 1. The van der Waals surface area contributed by atoms with E-state index in [1.807, 2.05) is 24.3 Å². The molecule has 2 rings (SSSR count). The topological polar surface area (TPSA) is 63.4 Å². The van der Waals surface area contributed by atoms with Crippen LogP contribution in [0.15, 0.2) is 24.3 Å². The Bertz CT molecular complexity index is 520. The van der Waals surface area contributed by atoms with Crippen molar-refractivity contribution in [1.29, 1.82) is 0 Å². The summed E-state index contributed by atoms with van der Waals surface area (Å²) in [4.78, 5) is 0. The molecule has 0 unspecified atom stereocenters. The molecule has 4 nitrogen and oxygen atoms in total. The highest BCUT2D eigenvalue weighted by molar-refractivity contribution is 7.88. The minimum atomic E-state index is -3.23. The molecular weight excluding hydrogens is 272 g/mol. The molecule has 1 heterocycles. The Morgan fingerprint density at radius 3 is 2.10 bits per heavy atom. The van der Waals surface area contributed by atoms with Gasteiger partial charge in [0.05, 0.1) is 5.75 Å². The first-order valence-corrected chi connectivity index (χ1v) is 8.99. The molecule has 0 bridgehead atoms. The standard InChI is InChI=1S/C15H24N2O2S/c16-12-14-8-4-5-9-15(14)13-20(18,19)17-10-6-2-1-3-7-11-17/h4-5,8-9H,1-3,6-7,10-13,16H2. The third kappa shape index (κ3) is 4.04. The average Bonchev–Trinajstić information content (AvgIpc) is 2.38. The molecule has 1 aromatic rings. The molecule has 1 aromatic carbocycles. The molecule has 2 N–H and O–H groups in total. The summed E-state index contributed by atoms with van der Waals surface area (Å²) in [5.41, 5.74) is 7.44. The molecule has 0 spiro atoms. The summed E-state index contributed by atoms with van der Waals surface area (Å²) in [6.07, 6.45) is 5.43. The summed E-state index contributed by atoms with van der Waals surface area (Å²) in [7, 11) is -3.23. The van der Waals surface area contributed by atoms with Gasteiger partial charge in [-0.1, -0.05) is 43.5 Å². The van der Waals surface area contributed by atoms with E-state index in [0.29, 0.717) is 19.6 Å². The van der Waals surface area contributed by atoms with Crippen LogP contribution in [-0.2, 0) is 22.3 Å². The third-order valence-electron chi connectivity index (χ3n) is 3.88. The Labute approximate surface area is 122 Å². The molecule has 112 valence electrons.